The van der Waals surface area contributed by atoms with Crippen molar-refractivity contribution in [1.82, 2.24) is 0 Å². The van der Waals surface area contributed by atoms with Gasteiger partial charge in [0.05, 0.1) is 0 Å². The Morgan fingerprint density at radius 3 is 2.55 bits per heavy atom. The first-order valence-electron chi connectivity index (χ1n) is 6.57. The minimum atomic E-state index is 0.763. The van der Waals surface area contributed by atoms with Crippen LogP contribution in [0.15, 0.2) is 58.5 Å². The number of aliphatic imine (C=N–C) groups is 2. The Balaban J connectivity index is 2.08. The Hall–Kier alpha value is -1.93. The summed E-state index contributed by atoms with van der Waals surface area (Å²) in [5.41, 5.74) is 3.63. The molecular formula is C17H17ClN2. The van der Waals surface area contributed by atoms with Crippen molar-refractivity contribution in [2.24, 2.45) is 9.98 Å². The number of aryl methyl sites for hydroxylation is 1. The van der Waals surface area contributed by atoms with Crippen molar-refractivity contribution in [1.29, 1.82) is 0 Å². The van der Waals surface area contributed by atoms with Crippen LogP contribution in [0.25, 0.3) is 11.1 Å². The summed E-state index contributed by atoms with van der Waals surface area (Å²) in [6.07, 6.45) is 5.32. The van der Waals surface area contributed by atoms with E-state index in [1.807, 2.05) is 24.4 Å². The van der Waals surface area contributed by atoms with Crippen LogP contribution >= 0.6 is 11.6 Å². The third-order valence-corrected chi connectivity index (χ3v) is 3.17. The molecule has 0 radical (unpaired) electrons. The average molecular weight is 285 g/mol. The largest absolute Gasteiger partial charge is 0.277 e. The second-order valence-corrected chi connectivity index (χ2v) is 4.89. The van der Waals surface area contributed by atoms with Gasteiger partial charge in [0.25, 0.3) is 0 Å². The van der Waals surface area contributed by atoms with Gasteiger partial charge >= 0.3 is 0 Å². The molecule has 0 heterocycles. The van der Waals surface area contributed by atoms with E-state index >= 15 is 0 Å². The molecule has 0 bridgehead atoms. The lowest BCUT2D eigenvalue weighted by molar-refractivity contribution is 1.06. The Labute approximate surface area is 124 Å². The van der Waals surface area contributed by atoms with E-state index in [9.17, 15) is 0 Å². The Morgan fingerprint density at radius 1 is 1.05 bits per heavy atom. The second kappa shape index (κ2) is 7.61. The minimum Gasteiger partial charge on any atom is -0.277 e. The van der Waals surface area contributed by atoms with E-state index in [4.69, 9.17) is 11.6 Å². The van der Waals surface area contributed by atoms with Gasteiger partial charge in [0.1, 0.15) is 6.34 Å². The Bertz CT molecular complexity index is 618. The van der Waals surface area contributed by atoms with Crippen LogP contribution in [-0.4, -0.2) is 19.6 Å². The van der Waals surface area contributed by atoms with Crippen molar-refractivity contribution < 1.29 is 0 Å². The van der Waals surface area contributed by atoms with Gasteiger partial charge in [-0.25, -0.2) is 4.99 Å². The molecule has 0 atom stereocenters. The van der Waals surface area contributed by atoms with Crippen LogP contribution in [0.1, 0.15) is 12.0 Å². The molecule has 0 N–H and O–H groups in total. The van der Waals surface area contributed by atoms with Gasteiger partial charge in [-0.05, 0) is 41.7 Å². The summed E-state index contributed by atoms with van der Waals surface area (Å²) in [5.74, 6) is 0. The van der Waals surface area contributed by atoms with Crippen LogP contribution in [-0.2, 0) is 6.42 Å². The van der Waals surface area contributed by atoms with Crippen molar-refractivity contribution >= 4 is 24.2 Å². The predicted molar refractivity (Wildman–Crippen MR) is 88.1 cm³/mol. The Morgan fingerprint density at radius 2 is 1.80 bits per heavy atom. The molecule has 102 valence electrons. The fourth-order valence-electron chi connectivity index (χ4n) is 1.99. The minimum absolute atomic E-state index is 0.763. The topological polar surface area (TPSA) is 24.7 Å². The van der Waals surface area contributed by atoms with Crippen molar-refractivity contribution in [3.8, 4) is 11.1 Å². The zero-order valence-corrected chi connectivity index (χ0v) is 12.2. The van der Waals surface area contributed by atoms with Gasteiger partial charge in [-0.1, -0.05) is 48.0 Å². The lowest BCUT2D eigenvalue weighted by atomic mass is 10.0. The molecule has 2 rings (SSSR count). The number of nitrogens with zero attached hydrogens (tertiary/aromatic N) is 2. The van der Waals surface area contributed by atoms with E-state index in [-0.39, 0.29) is 0 Å². The first-order valence-corrected chi connectivity index (χ1v) is 6.94. The summed E-state index contributed by atoms with van der Waals surface area (Å²) in [7, 11) is 1.71. The van der Waals surface area contributed by atoms with Crippen LogP contribution in [0, 0.1) is 0 Å². The highest BCUT2D eigenvalue weighted by Crippen LogP contribution is 2.23. The zero-order valence-electron chi connectivity index (χ0n) is 11.5. The second-order valence-electron chi connectivity index (χ2n) is 4.45. The molecule has 0 spiro atoms. The van der Waals surface area contributed by atoms with Crippen molar-refractivity contribution in [3.63, 3.8) is 0 Å². The summed E-state index contributed by atoms with van der Waals surface area (Å²) in [4.78, 5) is 7.87. The number of halogens is 1. The molecule has 0 fully saturated rings. The van der Waals surface area contributed by atoms with E-state index in [2.05, 4.69) is 40.3 Å². The molecule has 0 saturated heterocycles. The van der Waals surface area contributed by atoms with Crippen LogP contribution < -0.4 is 0 Å². The lowest BCUT2D eigenvalue weighted by Crippen LogP contribution is -1.88. The smallest absolute Gasteiger partial charge is 0.109 e. The van der Waals surface area contributed by atoms with Crippen molar-refractivity contribution in [2.45, 2.75) is 12.8 Å². The zero-order chi connectivity index (χ0) is 14.2. The highest BCUT2D eigenvalue weighted by Gasteiger charge is 2.00. The van der Waals surface area contributed by atoms with Crippen LogP contribution in [0.4, 0.5) is 0 Å². The summed E-state index contributed by atoms with van der Waals surface area (Å²) in [6.45, 7) is 0. The number of rotatable bonds is 5. The maximum absolute atomic E-state index is 6.04. The molecule has 0 aromatic heterocycles. The Kier molecular flexibility index (Phi) is 5.51. The molecule has 0 aliphatic rings. The molecule has 2 nitrogen and oxygen atoms in total. The molecule has 0 aliphatic carbocycles. The van der Waals surface area contributed by atoms with Crippen molar-refractivity contribution in [2.75, 3.05) is 7.05 Å². The molecule has 3 heteroatoms. The number of benzene rings is 2. The van der Waals surface area contributed by atoms with Crippen LogP contribution in [0.2, 0.25) is 5.02 Å². The summed E-state index contributed by atoms with van der Waals surface area (Å²) < 4.78 is 0. The van der Waals surface area contributed by atoms with Gasteiger partial charge in [0.15, 0.2) is 0 Å². The van der Waals surface area contributed by atoms with Crippen LogP contribution in [0.3, 0.4) is 0 Å². The summed E-state index contributed by atoms with van der Waals surface area (Å²) in [6, 6.07) is 16.4. The maximum atomic E-state index is 6.04. The predicted octanol–water partition coefficient (Wildman–Crippen LogP) is 4.67. The molecule has 2 aromatic rings. The van der Waals surface area contributed by atoms with Crippen molar-refractivity contribution in [3.05, 3.63) is 59.1 Å². The third-order valence-electron chi connectivity index (χ3n) is 2.93. The van der Waals surface area contributed by atoms with Gasteiger partial charge in [-0.2, -0.15) is 0 Å². The third kappa shape index (κ3) is 4.32. The number of hydrogen-bond donors (Lipinski definition) is 0. The lowest BCUT2D eigenvalue weighted by Gasteiger charge is -2.05. The van der Waals surface area contributed by atoms with E-state index in [1.54, 1.807) is 13.4 Å². The standard InChI is InChI=1S/C17H17ClN2/c1-19-13-20-10-4-6-14-5-2-7-15(11-14)16-8-3-9-17(18)12-16/h2-3,5,7-13H,4,6H2,1H3. The molecule has 2 aromatic carbocycles. The number of hydrogen-bond acceptors (Lipinski definition) is 1. The molecule has 0 aliphatic heterocycles. The van der Waals surface area contributed by atoms with E-state index < -0.39 is 0 Å². The van der Waals surface area contributed by atoms with E-state index in [1.165, 1.54) is 11.1 Å². The first-order chi connectivity index (χ1) is 9.79. The van der Waals surface area contributed by atoms with Gasteiger partial charge in [-0.3, -0.25) is 4.99 Å². The molecule has 0 saturated carbocycles. The molecule has 0 amide bonds. The summed E-state index contributed by atoms with van der Waals surface area (Å²) in [5, 5.41) is 0.763. The van der Waals surface area contributed by atoms with Gasteiger partial charge in [-0.15, -0.1) is 0 Å². The fourth-order valence-corrected chi connectivity index (χ4v) is 2.18. The SMILES string of the molecule is CN=CN=CCCc1cccc(-c2cccc(Cl)c2)c1. The molecule has 20 heavy (non-hydrogen) atoms. The quantitative estimate of drug-likeness (QED) is 0.563. The highest BCUT2D eigenvalue weighted by atomic mass is 35.5. The molecule has 0 unspecified atom stereocenters. The summed E-state index contributed by atoms with van der Waals surface area (Å²) >= 11 is 6.04. The monoisotopic (exact) mass is 284 g/mol. The normalized spacial score (nSPS) is 11.5. The van der Waals surface area contributed by atoms with E-state index in [0.717, 1.165) is 23.4 Å². The average Bonchev–Trinajstić information content (AvgIpc) is 2.47. The molecular weight excluding hydrogens is 268 g/mol. The van der Waals surface area contributed by atoms with Crippen LogP contribution in [0.5, 0.6) is 0 Å². The van der Waals surface area contributed by atoms with E-state index in [0.29, 0.717) is 0 Å². The first kappa shape index (κ1) is 14.5. The highest BCUT2D eigenvalue weighted by molar-refractivity contribution is 6.30. The maximum Gasteiger partial charge on any atom is 0.109 e. The van der Waals surface area contributed by atoms with Gasteiger partial charge in [0.2, 0.25) is 0 Å². The van der Waals surface area contributed by atoms with Gasteiger partial charge < -0.3 is 0 Å². The van der Waals surface area contributed by atoms with Gasteiger partial charge in [0, 0.05) is 18.3 Å². The fraction of sp³-hybridized carbons (Fsp3) is 0.176.